The van der Waals surface area contributed by atoms with Gasteiger partial charge in [0.1, 0.15) is 6.61 Å². The van der Waals surface area contributed by atoms with Crippen LogP contribution in [-0.4, -0.2) is 38.5 Å². The lowest BCUT2D eigenvalue weighted by atomic mass is 10.2. The first-order chi connectivity index (χ1) is 8.77. The number of aromatic nitrogens is 1. The Morgan fingerprint density at radius 1 is 1.17 bits per heavy atom. The Kier molecular flexibility index (Phi) is 7.32. The van der Waals surface area contributed by atoms with Gasteiger partial charge in [0.25, 0.3) is 0 Å². The average molecular weight is 254 g/mol. The minimum absolute atomic E-state index is 0.428. The second kappa shape index (κ2) is 8.85. The number of hydrogen-bond acceptors (Lipinski definition) is 5. The number of pyridine rings is 1. The van der Waals surface area contributed by atoms with Crippen molar-refractivity contribution in [1.29, 1.82) is 0 Å². The van der Waals surface area contributed by atoms with Crippen LogP contribution in [0.5, 0.6) is 5.88 Å². The molecule has 102 valence electrons. The van der Waals surface area contributed by atoms with Crippen LogP contribution in [0.4, 0.5) is 0 Å². The first-order valence-electron chi connectivity index (χ1n) is 6.14. The van der Waals surface area contributed by atoms with Gasteiger partial charge in [-0.2, -0.15) is 0 Å². The summed E-state index contributed by atoms with van der Waals surface area (Å²) in [6.07, 6.45) is 0.896. The summed E-state index contributed by atoms with van der Waals surface area (Å²) in [5, 5.41) is 0. The van der Waals surface area contributed by atoms with E-state index >= 15 is 0 Å². The van der Waals surface area contributed by atoms with Gasteiger partial charge in [-0.1, -0.05) is 6.07 Å². The number of ether oxygens (including phenoxy) is 3. The Labute approximate surface area is 108 Å². The molecular weight excluding hydrogens is 232 g/mol. The number of rotatable bonds is 9. The van der Waals surface area contributed by atoms with Crippen LogP contribution in [0, 0.1) is 6.92 Å². The van der Waals surface area contributed by atoms with Gasteiger partial charge in [0.2, 0.25) is 5.88 Å². The molecule has 0 bridgehead atoms. The normalized spacial score (nSPS) is 10.6. The summed E-state index contributed by atoms with van der Waals surface area (Å²) in [5.41, 5.74) is 7.46. The molecule has 0 radical (unpaired) electrons. The van der Waals surface area contributed by atoms with Crippen molar-refractivity contribution >= 4 is 0 Å². The molecule has 0 spiro atoms. The zero-order valence-electron chi connectivity index (χ0n) is 11.1. The van der Waals surface area contributed by atoms with Crippen molar-refractivity contribution in [1.82, 2.24) is 4.98 Å². The van der Waals surface area contributed by atoms with Crippen LogP contribution in [-0.2, 0) is 16.0 Å². The van der Waals surface area contributed by atoms with E-state index in [1.807, 2.05) is 19.1 Å². The van der Waals surface area contributed by atoms with Gasteiger partial charge in [-0.25, -0.2) is 4.98 Å². The minimum atomic E-state index is 0.428. The molecule has 0 aliphatic rings. The molecule has 2 N–H and O–H groups in total. The van der Waals surface area contributed by atoms with Crippen molar-refractivity contribution in [2.24, 2.45) is 5.73 Å². The van der Waals surface area contributed by atoms with E-state index in [2.05, 4.69) is 4.98 Å². The molecule has 0 atom stereocenters. The van der Waals surface area contributed by atoms with Gasteiger partial charge in [-0.3, -0.25) is 0 Å². The number of aryl methyl sites for hydroxylation is 1. The molecule has 0 saturated heterocycles. The molecule has 0 aliphatic carbocycles. The van der Waals surface area contributed by atoms with Crippen LogP contribution < -0.4 is 10.5 Å². The van der Waals surface area contributed by atoms with E-state index in [1.165, 1.54) is 0 Å². The minimum Gasteiger partial charge on any atom is -0.475 e. The van der Waals surface area contributed by atoms with Crippen molar-refractivity contribution < 1.29 is 14.2 Å². The zero-order chi connectivity index (χ0) is 13.2. The SMILES string of the molecule is COCCCOCCOc1nc(C)ccc1CN. The van der Waals surface area contributed by atoms with Gasteiger partial charge >= 0.3 is 0 Å². The van der Waals surface area contributed by atoms with E-state index in [9.17, 15) is 0 Å². The Morgan fingerprint density at radius 2 is 2.00 bits per heavy atom. The van der Waals surface area contributed by atoms with Crippen LogP contribution in [0.15, 0.2) is 12.1 Å². The first-order valence-corrected chi connectivity index (χ1v) is 6.14. The monoisotopic (exact) mass is 254 g/mol. The third-order valence-corrected chi connectivity index (χ3v) is 2.40. The summed E-state index contributed by atoms with van der Waals surface area (Å²) in [6, 6.07) is 3.87. The molecule has 1 aromatic rings. The standard InChI is InChI=1S/C13H22N2O3/c1-11-4-5-12(10-14)13(15-11)18-9-8-17-7-3-6-16-2/h4-5H,3,6-10,14H2,1-2H3. The zero-order valence-corrected chi connectivity index (χ0v) is 11.1. The van der Waals surface area contributed by atoms with Gasteiger partial charge < -0.3 is 19.9 Å². The molecule has 0 unspecified atom stereocenters. The Balaban J connectivity index is 2.24. The topological polar surface area (TPSA) is 66.6 Å². The maximum absolute atomic E-state index is 5.62. The second-order valence-corrected chi connectivity index (χ2v) is 3.93. The van der Waals surface area contributed by atoms with E-state index in [0.717, 1.165) is 24.3 Å². The van der Waals surface area contributed by atoms with Gasteiger partial charge in [-0.05, 0) is 19.4 Å². The van der Waals surface area contributed by atoms with Crippen LogP contribution in [0.3, 0.4) is 0 Å². The summed E-state index contributed by atoms with van der Waals surface area (Å²) < 4.78 is 15.9. The average Bonchev–Trinajstić information content (AvgIpc) is 2.38. The quantitative estimate of drug-likeness (QED) is 0.672. The smallest absolute Gasteiger partial charge is 0.218 e. The van der Waals surface area contributed by atoms with E-state index in [-0.39, 0.29) is 0 Å². The Hall–Kier alpha value is -1.17. The molecule has 0 amide bonds. The molecule has 18 heavy (non-hydrogen) atoms. The molecule has 0 aliphatic heterocycles. The van der Waals surface area contributed by atoms with Crippen LogP contribution in [0.25, 0.3) is 0 Å². The lowest BCUT2D eigenvalue weighted by molar-refractivity contribution is 0.0793. The summed E-state index contributed by atoms with van der Waals surface area (Å²) in [7, 11) is 1.68. The third-order valence-electron chi connectivity index (χ3n) is 2.40. The molecule has 0 saturated carbocycles. The first kappa shape index (κ1) is 14.9. The maximum atomic E-state index is 5.62. The Bertz CT molecular complexity index is 345. The van der Waals surface area contributed by atoms with Crippen LogP contribution >= 0.6 is 0 Å². The molecule has 0 fully saturated rings. The molecule has 1 rings (SSSR count). The number of hydrogen-bond donors (Lipinski definition) is 1. The second-order valence-electron chi connectivity index (χ2n) is 3.93. The Morgan fingerprint density at radius 3 is 2.72 bits per heavy atom. The third kappa shape index (κ3) is 5.44. The summed E-state index contributed by atoms with van der Waals surface area (Å²) in [4.78, 5) is 4.31. The molecule has 1 heterocycles. The predicted molar refractivity (Wildman–Crippen MR) is 69.7 cm³/mol. The van der Waals surface area contributed by atoms with Crippen molar-refractivity contribution in [3.8, 4) is 5.88 Å². The van der Waals surface area contributed by atoms with Crippen molar-refractivity contribution in [3.63, 3.8) is 0 Å². The highest BCUT2D eigenvalue weighted by Gasteiger charge is 2.04. The molecule has 0 aromatic carbocycles. The molecule has 1 aromatic heterocycles. The fraction of sp³-hybridized carbons (Fsp3) is 0.615. The van der Waals surface area contributed by atoms with Crippen molar-refractivity contribution in [3.05, 3.63) is 23.4 Å². The van der Waals surface area contributed by atoms with Gasteiger partial charge in [0, 0.05) is 38.1 Å². The predicted octanol–water partition coefficient (Wildman–Crippen LogP) is 1.28. The van der Waals surface area contributed by atoms with Crippen molar-refractivity contribution in [2.45, 2.75) is 19.9 Å². The number of nitrogens with two attached hydrogens (primary N) is 1. The van der Waals surface area contributed by atoms with E-state index in [0.29, 0.717) is 32.2 Å². The fourth-order valence-electron chi connectivity index (χ4n) is 1.45. The maximum Gasteiger partial charge on any atom is 0.218 e. The summed E-state index contributed by atoms with van der Waals surface area (Å²) >= 11 is 0. The number of methoxy groups -OCH3 is 1. The molecular formula is C13H22N2O3. The van der Waals surface area contributed by atoms with Gasteiger partial charge in [0.05, 0.1) is 6.61 Å². The largest absolute Gasteiger partial charge is 0.475 e. The lowest BCUT2D eigenvalue weighted by Gasteiger charge is -2.10. The molecule has 5 heteroatoms. The van der Waals surface area contributed by atoms with Crippen LogP contribution in [0.1, 0.15) is 17.7 Å². The van der Waals surface area contributed by atoms with Gasteiger partial charge in [-0.15, -0.1) is 0 Å². The highest BCUT2D eigenvalue weighted by molar-refractivity contribution is 5.27. The summed E-state index contributed by atoms with van der Waals surface area (Å²) in [5.74, 6) is 0.609. The highest BCUT2D eigenvalue weighted by atomic mass is 16.5. The molecule has 5 nitrogen and oxygen atoms in total. The lowest BCUT2D eigenvalue weighted by Crippen LogP contribution is -2.11. The van der Waals surface area contributed by atoms with Crippen molar-refractivity contribution in [2.75, 3.05) is 33.5 Å². The van der Waals surface area contributed by atoms with E-state index in [1.54, 1.807) is 7.11 Å². The fourth-order valence-corrected chi connectivity index (χ4v) is 1.45. The van der Waals surface area contributed by atoms with Crippen LogP contribution in [0.2, 0.25) is 0 Å². The number of nitrogens with zero attached hydrogens (tertiary/aromatic N) is 1. The van der Waals surface area contributed by atoms with E-state index in [4.69, 9.17) is 19.9 Å². The van der Waals surface area contributed by atoms with Gasteiger partial charge in [0.15, 0.2) is 0 Å². The highest BCUT2D eigenvalue weighted by Crippen LogP contribution is 2.15. The van der Waals surface area contributed by atoms with E-state index < -0.39 is 0 Å². The summed E-state index contributed by atoms with van der Waals surface area (Å²) in [6.45, 7) is 4.78.